The Kier molecular flexibility index (Phi) is 22.7. The molecule has 0 unspecified atom stereocenters. The van der Waals surface area contributed by atoms with Crippen LogP contribution in [0.4, 0.5) is 5.69 Å². The molecular weight excluding hydrogens is 562 g/mol. The predicted octanol–water partition coefficient (Wildman–Crippen LogP) is 2.67. The smallest absolute Gasteiger partial charge is 0.150 e. The molecule has 0 aliphatic rings. The van der Waals surface area contributed by atoms with E-state index in [1.165, 1.54) is 0 Å². The van der Waals surface area contributed by atoms with Gasteiger partial charge in [-0.25, -0.2) is 0 Å². The zero-order valence-corrected chi connectivity index (χ0v) is 25.0. The topological polar surface area (TPSA) is 135 Å². The lowest BCUT2D eigenvalue weighted by atomic mass is 10.2. The van der Waals surface area contributed by atoms with Crippen molar-refractivity contribution in [2.75, 3.05) is 125 Å². The van der Waals surface area contributed by atoms with Crippen LogP contribution in [0.1, 0.15) is 10.4 Å². The molecule has 43 heavy (non-hydrogen) atoms. The first-order chi connectivity index (χ1) is 21.3. The number of anilines is 1. The molecule has 0 spiro atoms. The van der Waals surface area contributed by atoms with Crippen LogP contribution in [0.5, 0.6) is 11.5 Å². The highest BCUT2D eigenvalue weighted by Gasteiger charge is 1.98. The Hall–Kier alpha value is -2.81. The van der Waals surface area contributed by atoms with E-state index in [1.807, 2.05) is 12.1 Å². The van der Waals surface area contributed by atoms with Gasteiger partial charge in [-0.3, -0.25) is 4.79 Å². The minimum Gasteiger partial charge on any atom is -0.491 e. The van der Waals surface area contributed by atoms with Gasteiger partial charge in [0.05, 0.1) is 106 Å². The first-order valence-corrected chi connectivity index (χ1v) is 14.6. The Morgan fingerprint density at radius 2 is 0.651 bits per heavy atom. The molecule has 0 aliphatic carbocycles. The number of hydrogen-bond acceptors (Lipinski definition) is 12. The molecule has 0 saturated heterocycles. The van der Waals surface area contributed by atoms with E-state index in [0.29, 0.717) is 136 Å². The maximum absolute atomic E-state index is 10.6. The van der Waals surface area contributed by atoms with E-state index >= 15 is 0 Å². The van der Waals surface area contributed by atoms with Gasteiger partial charge in [-0.15, -0.1) is 0 Å². The number of nitrogen functional groups attached to an aromatic ring is 1. The van der Waals surface area contributed by atoms with E-state index in [1.54, 1.807) is 36.4 Å². The van der Waals surface area contributed by atoms with Crippen LogP contribution in [-0.4, -0.2) is 125 Å². The van der Waals surface area contributed by atoms with Gasteiger partial charge in [0.25, 0.3) is 0 Å². The number of ether oxygens (including phenoxy) is 10. The molecule has 0 saturated carbocycles. The molecule has 2 N–H and O–H groups in total. The molecule has 12 heteroatoms. The maximum Gasteiger partial charge on any atom is 0.150 e. The number of rotatable bonds is 30. The molecule has 2 aromatic carbocycles. The molecule has 242 valence electrons. The van der Waals surface area contributed by atoms with Crippen molar-refractivity contribution >= 4 is 12.0 Å². The Morgan fingerprint density at radius 3 is 0.930 bits per heavy atom. The lowest BCUT2D eigenvalue weighted by Crippen LogP contribution is -2.15. The summed E-state index contributed by atoms with van der Waals surface area (Å²) in [4.78, 5) is 10.6. The molecule has 0 aliphatic heterocycles. The van der Waals surface area contributed by atoms with Gasteiger partial charge in [-0.05, 0) is 48.5 Å². The van der Waals surface area contributed by atoms with Crippen LogP contribution in [0.3, 0.4) is 0 Å². The highest BCUT2D eigenvalue weighted by Crippen LogP contribution is 2.13. The number of benzene rings is 2. The van der Waals surface area contributed by atoms with Gasteiger partial charge >= 0.3 is 0 Å². The normalized spacial score (nSPS) is 11.1. The Labute approximate surface area is 254 Å². The van der Waals surface area contributed by atoms with E-state index in [9.17, 15) is 4.79 Å². The van der Waals surface area contributed by atoms with Crippen molar-refractivity contribution < 1.29 is 52.2 Å². The van der Waals surface area contributed by atoms with Gasteiger partial charge in [0.2, 0.25) is 0 Å². The molecule has 0 bridgehead atoms. The predicted molar refractivity (Wildman–Crippen MR) is 160 cm³/mol. The van der Waals surface area contributed by atoms with Crippen molar-refractivity contribution in [3.05, 3.63) is 54.1 Å². The molecule has 0 fully saturated rings. The molecule has 0 radical (unpaired) electrons. The fourth-order valence-electron chi connectivity index (χ4n) is 3.29. The van der Waals surface area contributed by atoms with Crippen molar-refractivity contribution in [2.24, 2.45) is 0 Å². The molecule has 0 aromatic heterocycles. The van der Waals surface area contributed by atoms with Gasteiger partial charge in [-0.1, -0.05) is 0 Å². The van der Waals surface area contributed by atoms with Crippen LogP contribution in [-0.2, 0) is 37.9 Å². The number of carbonyl (C=O) groups is 1. The van der Waals surface area contributed by atoms with Gasteiger partial charge in [0.15, 0.2) is 0 Å². The van der Waals surface area contributed by atoms with Crippen molar-refractivity contribution in [3.8, 4) is 11.5 Å². The van der Waals surface area contributed by atoms with Gasteiger partial charge in [0.1, 0.15) is 31.0 Å². The zero-order valence-electron chi connectivity index (χ0n) is 25.0. The Bertz CT molecular complexity index is 900. The third kappa shape index (κ3) is 21.5. The van der Waals surface area contributed by atoms with E-state index in [0.717, 1.165) is 12.0 Å². The van der Waals surface area contributed by atoms with Gasteiger partial charge in [0, 0.05) is 11.3 Å². The monoisotopic (exact) mass is 609 g/mol. The lowest BCUT2D eigenvalue weighted by molar-refractivity contribution is -0.0241. The zero-order chi connectivity index (χ0) is 30.5. The minimum absolute atomic E-state index is 0.431. The van der Waals surface area contributed by atoms with Crippen LogP contribution in [0.25, 0.3) is 0 Å². The second-order valence-electron chi connectivity index (χ2n) is 8.85. The summed E-state index contributed by atoms with van der Waals surface area (Å²) < 4.78 is 54.8. The van der Waals surface area contributed by atoms with E-state index < -0.39 is 0 Å². The summed E-state index contributed by atoms with van der Waals surface area (Å²) in [5, 5.41) is 0. The average molecular weight is 610 g/mol. The summed E-state index contributed by atoms with van der Waals surface area (Å²) in [6.07, 6.45) is 0.798. The summed E-state index contributed by atoms with van der Waals surface area (Å²) in [6, 6.07) is 14.2. The van der Waals surface area contributed by atoms with Crippen molar-refractivity contribution in [3.63, 3.8) is 0 Å². The third-order valence-corrected chi connectivity index (χ3v) is 5.49. The molecule has 0 amide bonds. The standard InChI is InChI=1S/C31H47NO11/c32-29-3-7-31(8-4-29)43-26-24-41-22-20-39-18-16-37-14-12-35-10-9-34-11-13-36-15-17-38-19-21-40-23-25-42-30-5-1-28(27-33)2-6-30/h1-8,27H,9-26,32H2. The fraction of sp³-hybridized carbons (Fsp3) is 0.581. The molecule has 0 heterocycles. The highest BCUT2D eigenvalue weighted by atomic mass is 16.6. The maximum atomic E-state index is 10.6. The van der Waals surface area contributed by atoms with Gasteiger partial charge < -0.3 is 53.1 Å². The van der Waals surface area contributed by atoms with Crippen LogP contribution in [0.2, 0.25) is 0 Å². The summed E-state index contributed by atoms with van der Waals surface area (Å²) in [5.41, 5.74) is 6.96. The molecule has 0 atom stereocenters. The number of carbonyl (C=O) groups excluding carboxylic acids is 1. The second kappa shape index (κ2) is 26.8. The molecule has 12 nitrogen and oxygen atoms in total. The highest BCUT2D eigenvalue weighted by molar-refractivity contribution is 5.74. The van der Waals surface area contributed by atoms with Crippen molar-refractivity contribution in [2.45, 2.75) is 0 Å². The first-order valence-electron chi connectivity index (χ1n) is 14.6. The number of hydrogen-bond donors (Lipinski definition) is 1. The average Bonchev–Trinajstić information content (AvgIpc) is 3.03. The summed E-state index contributed by atoms with van der Waals surface area (Å²) >= 11 is 0. The van der Waals surface area contributed by atoms with Crippen LogP contribution in [0, 0.1) is 0 Å². The third-order valence-electron chi connectivity index (χ3n) is 5.49. The van der Waals surface area contributed by atoms with Crippen LogP contribution >= 0.6 is 0 Å². The van der Waals surface area contributed by atoms with Gasteiger partial charge in [-0.2, -0.15) is 0 Å². The van der Waals surface area contributed by atoms with E-state index in [-0.39, 0.29) is 0 Å². The number of aldehydes is 1. The lowest BCUT2D eigenvalue weighted by Gasteiger charge is -2.09. The minimum atomic E-state index is 0.431. The first kappa shape index (κ1) is 36.4. The van der Waals surface area contributed by atoms with Crippen LogP contribution < -0.4 is 15.2 Å². The quantitative estimate of drug-likeness (QED) is 0.0793. The Balaban J connectivity index is 1.17. The second-order valence-corrected chi connectivity index (χ2v) is 8.85. The molecule has 2 aromatic rings. The summed E-state index contributed by atoms with van der Waals surface area (Å²) in [6.45, 7) is 8.82. The molecule has 2 rings (SSSR count). The van der Waals surface area contributed by atoms with E-state index in [2.05, 4.69) is 0 Å². The van der Waals surface area contributed by atoms with E-state index in [4.69, 9.17) is 53.1 Å². The number of nitrogens with two attached hydrogens (primary N) is 1. The summed E-state index contributed by atoms with van der Waals surface area (Å²) in [5.74, 6) is 1.47. The van der Waals surface area contributed by atoms with Crippen LogP contribution in [0.15, 0.2) is 48.5 Å². The molecular formula is C31H47NO11. The van der Waals surface area contributed by atoms with Crippen molar-refractivity contribution in [1.29, 1.82) is 0 Å². The summed E-state index contributed by atoms with van der Waals surface area (Å²) in [7, 11) is 0. The Morgan fingerprint density at radius 1 is 0.395 bits per heavy atom. The van der Waals surface area contributed by atoms with Crippen molar-refractivity contribution in [1.82, 2.24) is 0 Å². The largest absolute Gasteiger partial charge is 0.491 e. The fourth-order valence-corrected chi connectivity index (χ4v) is 3.29. The SMILES string of the molecule is Nc1ccc(OCCOCCOCCOCCOCCOCCOCCOCCOCCOc2ccc(C=O)cc2)cc1.